The molecule has 30 heavy (non-hydrogen) atoms. The molecule has 0 saturated carbocycles. The molecule has 2 aromatic rings. The molecule has 4 rings (SSSR count). The van der Waals surface area contributed by atoms with Crippen molar-refractivity contribution >= 4 is 35.2 Å². The Morgan fingerprint density at radius 2 is 1.77 bits per heavy atom. The number of anilines is 2. The molecule has 2 amide bonds. The number of carbonyl (C=O) groups is 2. The molecule has 158 valence electrons. The molecule has 9 heteroatoms. The number of rotatable bonds is 4. The molecule has 2 fully saturated rings. The average Bonchev–Trinajstić information content (AvgIpc) is 2.81. The number of pyridine rings is 1. The molecule has 2 aliphatic rings. The van der Waals surface area contributed by atoms with Crippen LogP contribution in [0, 0.1) is 11.8 Å². The minimum absolute atomic E-state index is 0.0498. The molecule has 1 N–H and O–H groups in total. The molecule has 0 aromatic carbocycles. The van der Waals surface area contributed by atoms with E-state index in [0.717, 1.165) is 19.4 Å². The highest BCUT2D eigenvalue weighted by Crippen LogP contribution is 2.25. The van der Waals surface area contributed by atoms with Crippen LogP contribution in [0.5, 0.6) is 0 Å². The fourth-order valence-electron chi connectivity index (χ4n) is 4.11. The van der Waals surface area contributed by atoms with E-state index < -0.39 is 0 Å². The van der Waals surface area contributed by atoms with Crippen LogP contribution in [0.4, 0.5) is 11.8 Å². The summed E-state index contributed by atoms with van der Waals surface area (Å²) in [5.74, 6) is 1.13. The summed E-state index contributed by atoms with van der Waals surface area (Å²) in [5, 5.41) is 3.37. The van der Waals surface area contributed by atoms with Crippen LogP contribution in [-0.2, 0) is 9.59 Å². The lowest BCUT2D eigenvalue weighted by Gasteiger charge is -2.37. The van der Waals surface area contributed by atoms with Crippen molar-refractivity contribution in [1.29, 1.82) is 0 Å². The quantitative estimate of drug-likeness (QED) is 0.804. The van der Waals surface area contributed by atoms with Crippen molar-refractivity contribution in [3.63, 3.8) is 0 Å². The highest BCUT2D eigenvalue weighted by atomic mass is 35.5. The number of aromatic nitrogens is 3. The van der Waals surface area contributed by atoms with Crippen molar-refractivity contribution < 1.29 is 9.59 Å². The van der Waals surface area contributed by atoms with E-state index in [1.165, 1.54) is 6.20 Å². The average molecular weight is 429 g/mol. The molecule has 2 aromatic heterocycles. The number of likely N-dealkylation sites (tertiary alicyclic amines) is 1. The third-order valence-corrected chi connectivity index (χ3v) is 5.99. The number of amides is 2. The molecule has 0 aliphatic carbocycles. The van der Waals surface area contributed by atoms with Gasteiger partial charge in [0.1, 0.15) is 5.82 Å². The van der Waals surface area contributed by atoms with E-state index in [1.54, 1.807) is 30.6 Å². The first kappa shape index (κ1) is 20.5. The van der Waals surface area contributed by atoms with Crippen LogP contribution in [0.1, 0.15) is 25.7 Å². The molecule has 2 saturated heterocycles. The Hall–Kier alpha value is -2.74. The highest BCUT2D eigenvalue weighted by molar-refractivity contribution is 6.30. The minimum atomic E-state index is -0.118. The Balaban J connectivity index is 1.28. The zero-order valence-electron chi connectivity index (χ0n) is 16.7. The van der Waals surface area contributed by atoms with Crippen molar-refractivity contribution in [1.82, 2.24) is 19.9 Å². The Morgan fingerprint density at radius 3 is 2.47 bits per heavy atom. The van der Waals surface area contributed by atoms with Gasteiger partial charge in [0.15, 0.2) is 0 Å². The third kappa shape index (κ3) is 4.87. The number of hydrogen-bond donors (Lipinski definition) is 1. The second-order valence-corrected chi connectivity index (χ2v) is 8.22. The van der Waals surface area contributed by atoms with Gasteiger partial charge >= 0.3 is 0 Å². The largest absolute Gasteiger partial charge is 0.342 e. The fourth-order valence-corrected chi connectivity index (χ4v) is 4.22. The first-order valence-electron chi connectivity index (χ1n) is 10.3. The molecular formula is C21H25ClN6O2. The van der Waals surface area contributed by atoms with Crippen molar-refractivity contribution in [3.8, 4) is 0 Å². The summed E-state index contributed by atoms with van der Waals surface area (Å²) in [6, 6.07) is 5.17. The maximum absolute atomic E-state index is 13.1. The van der Waals surface area contributed by atoms with E-state index in [9.17, 15) is 9.59 Å². The molecule has 0 spiro atoms. The number of halogens is 1. The summed E-state index contributed by atoms with van der Waals surface area (Å²) < 4.78 is 0. The van der Waals surface area contributed by atoms with Gasteiger partial charge in [-0.15, -0.1) is 0 Å². The van der Waals surface area contributed by atoms with Crippen LogP contribution in [0.3, 0.4) is 0 Å². The van der Waals surface area contributed by atoms with Crippen molar-refractivity contribution in [2.24, 2.45) is 11.8 Å². The topological polar surface area (TPSA) is 91.3 Å². The number of piperidine rings is 2. The van der Waals surface area contributed by atoms with E-state index >= 15 is 0 Å². The molecule has 0 radical (unpaired) electrons. The lowest BCUT2D eigenvalue weighted by atomic mass is 9.92. The van der Waals surface area contributed by atoms with Gasteiger partial charge in [0.2, 0.25) is 17.8 Å². The fraction of sp³-hybridized carbons (Fsp3) is 0.476. The number of nitrogens with one attached hydrogen (secondary N) is 1. The van der Waals surface area contributed by atoms with Gasteiger partial charge in [0.25, 0.3) is 0 Å². The predicted molar refractivity (Wildman–Crippen MR) is 114 cm³/mol. The minimum Gasteiger partial charge on any atom is -0.342 e. The lowest BCUT2D eigenvalue weighted by molar-refractivity contribution is -0.138. The van der Waals surface area contributed by atoms with Gasteiger partial charge in [-0.2, -0.15) is 0 Å². The van der Waals surface area contributed by atoms with Crippen LogP contribution in [0.25, 0.3) is 0 Å². The van der Waals surface area contributed by atoms with Crippen LogP contribution < -0.4 is 10.2 Å². The van der Waals surface area contributed by atoms with E-state index in [-0.39, 0.29) is 23.7 Å². The summed E-state index contributed by atoms with van der Waals surface area (Å²) in [5.41, 5.74) is 0. The van der Waals surface area contributed by atoms with Gasteiger partial charge < -0.3 is 15.1 Å². The highest BCUT2D eigenvalue weighted by Gasteiger charge is 2.33. The van der Waals surface area contributed by atoms with Crippen molar-refractivity contribution in [2.45, 2.75) is 25.7 Å². The summed E-state index contributed by atoms with van der Waals surface area (Å²) >= 11 is 5.83. The Bertz CT molecular complexity index is 871. The van der Waals surface area contributed by atoms with Gasteiger partial charge in [-0.05, 0) is 43.9 Å². The predicted octanol–water partition coefficient (Wildman–Crippen LogP) is 2.62. The zero-order valence-corrected chi connectivity index (χ0v) is 17.5. The number of nitrogens with zero attached hydrogens (tertiary/aromatic N) is 5. The number of hydrogen-bond acceptors (Lipinski definition) is 6. The normalized spacial score (nSPS) is 20.1. The SMILES string of the molecule is O=C(Nc1ccc(Cl)cn1)C1CCN(C(=O)C2CCCN(c3ncccn3)C2)CC1. The second-order valence-electron chi connectivity index (χ2n) is 7.78. The van der Waals surface area contributed by atoms with Crippen LogP contribution in [0.15, 0.2) is 36.8 Å². The summed E-state index contributed by atoms with van der Waals surface area (Å²) in [6.07, 6.45) is 8.10. The molecule has 2 aliphatic heterocycles. The Kier molecular flexibility index (Phi) is 6.42. The smallest absolute Gasteiger partial charge is 0.228 e. The Labute approximate surface area is 180 Å². The molecule has 1 unspecified atom stereocenters. The standard InChI is InChI=1S/C21H25ClN6O2/c22-17-4-5-18(25-13-17)26-19(29)15-6-11-27(12-7-15)20(30)16-3-1-10-28(14-16)21-23-8-2-9-24-21/h2,4-5,8-9,13,15-16H,1,3,6-7,10-12,14H2,(H,25,26,29). The van der Waals surface area contributed by atoms with Crippen LogP contribution in [0.2, 0.25) is 5.02 Å². The zero-order chi connectivity index (χ0) is 20.9. The monoisotopic (exact) mass is 428 g/mol. The van der Waals surface area contributed by atoms with E-state index in [4.69, 9.17) is 11.6 Å². The summed E-state index contributed by atoms with van der Waals surface area (Å²) in [7, 11) is 0. The molecule has 0 bridgehead atoms. The van der Waals surface area contributed by atoms with Crippen LogP contribution >= 0.6 is 11.6 Å². The van der Waals surface area contributed by atoms with E-state index in [1.807, 2.05) is 4.90 Å². The van der Waals surface area contributed by atoms with Gasteiger partial charge in [-0.25, -0.2) is 15.0 Å². The summed E-state index contributed by atoms with van der Waals surface area (Å²) in [6.45, 7) is 2.72. The first-order chi connectivity index (χ1) is 14.6. The van der Waals surface area contributed by atoms with Gasteiger partial charge in [0, 0.05) is 50.7 Å². The second kappa shape index (κ2) is 9.38. The number of carbonyl (C=O) groups excluding carboxylic acids is 2. The van der Waals surface area contributed by atoms with Gasteiger partial charge in [0.05, 0.1) is 10.9 Å². The third-order valence-electron chi connectivity index (χ3n) is 5.76. The van der Waals surface area contributed by atoms with Gasteiger partial charge in [-0.3, -0.25) is 9.59 Å². The Morgan fingerprint density at radius 1 is 1.00 bits per heavy atom. The maximum atomic E-state index is 13.1. The first-order valence-corrected chi connectivity index (χ1v) is 10.7. The molecule has 4 heterocycles. The molecular weight excluding hydrogens is 404 g/mol. The van der Waals surface area contributed by atoms with Crippen LogP contribution in [-0.4, -0.2) is 57.8 Å². The maximum Gasteiger partial charge on any atom is 0.228 e. The molecule has 8 nitrogen and oxygen atoms in total. The van der Waals surface area contributed by atoms with E-state index in [0.29, 0.717) is 49.3 Å². The summed E-state index contributed by atoms with van der Waals surface area (Å²) in [4.78, 5) is 42.3. The molecule has 1 atom stereocenters. The lowest BCUT2D eigenvalue weighted by Crippen LogP contribution is -2.48. The van der Waals surface area contributed by atoms with Crippen molar-refractivity contribution in [2.75, 3.05) is 36.4 Å². The van der Waals surface area contributed by atoms with Crippen molar-refractivity contribution in [3.05, 3.63) is 41.8 Å². The van der Waals surface area contributed by atoms with E-state index in [2.05, 4.69) is 25.2 Å². The van der Waals surface area contributed by atoms with Gasteiger partial charge in [-0.1, -0.05) is 11.6 Å².